The minimum absolute atomic E-state index is 0.0856. The number of fused-ring (bicyclic) bond motifs is 1. The maximum atomic E-state index is 12.5. The minimum atomic E-state index is -0.158. The fourth-order valence-electron chi connectivity index (χ4n) is 4.16. The number of anilines is 1. The van der Waals surface area contributed by atoms with E-state index in [0.717, 1.165) is 23.9 Å². The van der Waals surface area contributed by atoms with Crippen molar-refractivity contribution in [1.29, 1.82) is 0 Å². The molecule has 0 saturated heterocycles. The normalized spacial score (nSPS) is 14.1. The van der Waals surface area contributed by atoms with Crippen LogP contribution >= 0.6 is 0 Å². The molecule has 0 radical (unpaired) electrons. The van der Waals surface area contributed by atoms with Gasteiger partial charge in [0.15, 0.2) is 17.3 Å². The first-order chi connectivity index (χ1) is 14.2. The number of rotatable bonds is 5. The Kier molecular flexibility index (Phi) is 4.43. The van der Waals surface area contributed by atoms with Crippen LogP contribution in [-0.2, 0) is 17.6 Å². The first kappa shape index (κ1) is 17.7. The monoisotopic (exact) mass is 387 g/mol. The molecule has 146 valence electrons. The predicted molar refractivity (Wildman–Crippen MR) is 111 cm³/mol. The Morgan fingerprint density at radius 1 is 0.862 bits per heavy atom. The van der Waals surface area contributed by atoms with Gasteiger partial charge in [-0.2, -0.15) is 0 Å². The number of carbonyl (C=O) groups is 2. The van der Waals surface area contributed by atoms with Gasteiger partial charge < -0.3 is 14.8 Å². The second-order valence-electron chi connectivity index (χ2n) is 7.44. The molecule has 1 N–H and O–H groups in total. The predicted octanol–water partition coefficient (Wildman–Crippen LogP) is 4.31. The average molecular weight is 387 g/mol. The standard InChI is InChI=1S/C24H21NO4/c26-20(17-7-10-21-22(14-17)29-13-12-28-21)9-11-23(27)25-19-8-6-16-5-4-15-2-1-3-18(19)24(15)16/h1-3,6-8,10,14H,4-5,9,11-13H2,(H,25,27). The Hall–Kier alpha value is -3.34. The van der Waals surface area contributed by atoms with Crippen LogP contribution in [0.1, 0.15) is 34.3 Å². The Bertz CT molecular complexity index is 1120. The lowest BCUT2D eigenvalue weighted by Crippen LogP contribution is -2.16. The number of Topliss-reactive ketones (excluding diaryl/α,β-unsaturated/α-hetero) is 1. The number of amides is 1. The molecule has 3 aromatic rings. The molecule has 3 aromatic carbocycles. The summed E-state index contributed by atoms with van der Waals surface area (Å²) in [7, 11) is 0. The van der Waals surface area contributed by atoms with Gasteiger partial charge in [0.2, 0.25) is 5.91 Å². The van der Waals surface area contributed by atoms with Gasteiger partial charge in [0, 0.05) is 29.5 Å². The fraction of sp³-hybridized carbons (Fsp3) is 0.250. The molecule has 0 aromatic heterocycles. The lowest BCUT2D eigenvalue weighted by molar-refractivity contribution is -0.116. The highest BCUT2D eigenvalue weighted by Gasteiger charge is 2.18. The van der Waals surface area contributed by atoms with Crippen LogP contribution in [0, 0.1) is 0 Å². The van der Waals surface area contributed by atoms with Crippen molar-refractivity contribution in [1.82, 2.24) is 0 Å². The minimum Gasteiger partial charge on any atom is -0.486 e. The van der Waals surface area contributed by atoms with Gasteiger partial charge in [-0.05, 0) is 53.6 Å². The number of hydrogen-bond donors (Lipinski definition) is 1. The van der Waals surface area contributed by atoms with E-state index in [1.165, 1.54) is 16.5 Å². The van der Waals surface area contributed by atoms with E-state index >= 15 is 0 Å². The van der Waals surface area contributed by atoms with E-state index in [9.17, 15) is 9.59 Å². The van der Waals surface area contributed by atoms with Crippen LogP contribution in [0.2, 0.25) is 0 Å². The highest BCUT2D eigenvalue weighted by molar-refractivity contribution is 6.06. The van der Waals surface area contributed by atoms with Gasteiger partial charge in [-0.25, -0.2) is 0 Å². The molecule has 5 heteroatoms. The van der Waals surface area contributed by atoms with Crippen LogP contribution in [0.25, 0.3) is 10.8 Å². The van der Waals surface area contributed by atoms with Crippen LogP contribution in [0.15, 0.2) is 48.5 Å². The van der Waals surface area contributed by atoms with Gasteiger partial charge >= 0.3 is 0 Å². The van der Waals surface area contributed by atoms with Gasteiger partial charge in [0.1, 0.15) is 13.2 Å². The molecule has 0 saturated carbocycles. The van der Waals surface area contributed by atoms with Crippen molar-refractivity contribution >= 4 is 28.2 Å². The first-order valence-corrected chi connectivity index (χ1v) is 9.95. The van der Waals surface area contributed by atoms with E-state index in [4.69, 9.17) is 9.47 Å². The first-order valence-electron chi connectivity index (χ1n) is 9.95. The molecule has 29 heavy (non-hydrogen) atoms. The van der Waals surface area contributed by atoms with Crippen LogP contribution in [0.4, 0.5) is 5.69 Å². The number of aryl methyl sites for hydroxylation is 2. The van der Waals surface area contributed by atoms with Crippen molar-refractivity contribution in [2.24, 2.45) is 0 Å². The molecular weight excluding hydrogens is 366 g/mol. The van der Waals surface area contributed by atoms with Crippen LogP contribution in [0.5, 0.6) is 11.5 Å². The number of benzene rings is 3. The maximum Gasteiger partial charge on any atom is 0.224 e. The summed E-state index contributed by atoms with van der Waals surface area (Å²) in [4.78, 5) is 25.0. The number of ether oxygens (including phenoxy) is 2. The van der Waals surface area contributed by atoms with E-state index in [0.29, 0.717) is 30.3 Å². The van der Waals surface area contributed by atoms with Crippen molar-refractivity contribution < 1.29 is 19.1 Å². The van der Waals surface area contributed by atoms with Crippen LogP contribution in [-0.4, -0.2) is 24.9 Å². The van der Waals surface area contributed by atoms with Crippen molar-refractivity contribution in [3.63, 3.8) is 0 Å². The summed E-state index contributed by atoms with van der Waals surface area (Å²) in [5, 5.41) is 5.32. The van der Waals surface area contributed by atoms with Crippen molar-refractivity contribution in [3.05, 3.63) is 65.2 Å². The van der Waals surface area contributed by atoms with Gasteiger partial charge in [-0.1, -0.05) is 24.3 Å². The number of ketones is 1. The van der Waals surface area contributed by atoms with Gasteiger partial charge in [-0.3, -0.25) is 9.59 Å². The van der Waals surface area contributed by atoms with E-state index in [1.54, 1.807) is 18.2 Å². The Balaban J connectivity index is 1.26. The summed E-state index contributed by atoms with van der Waals surface area (Å²) in [6.45, 7) is 0.985. The molecule has 1 aliphatic heterocycles. The Morgan fingerprint density at radius 3 is 2.52 bits per heavy atom. The number of carbonyl (C=O) groups excluding carboxylic acids is 2. The molecule has 5 rings (SSSR count). The lowest BCUT2D eigenvalue weighted by atomic mass is 10.0. The summed E-state index contributed by atoms with van der Waals surface area (Å²) >= 11 is 0. The molecule has 0 atom stereocenters. The number of hydrogen-bond acceptors (Lipinski definition) is 4. The molecule has 1 amide bonds. The van der Waals surface area contributed by atoms with Crippen LogP contribution in [0.3, 0.4) is 0 Å². The topological polar surface area (TPSA) is 64.6 Å². The summed E-state index contributed by atoms with van der Waals surface area (Å²) in [5.74, 6) is 0.990. The molecule has 0 fully saturated rings. The highest BCUT2D eigenvalue weighted by atomic mass is 16.6. The molecule has 0 unspecified atom stereocenters. The highest BCUT2D eigenvalue weighted by Crippen LogP contribution is 2.35. The molecule has 2 aliphatic rings. The van der Waals surface area contributed by atoms with E-state index in [2.05, 4.69) is 17.4 Å². The summed E-state index contributed by atoms with van der Waals surface area (Å²) < 4.78 is 11.0. The zero-order valence-electron chi connectivity index (χ0n) is 16.0. The van der Waals surface area contributed by atoms with Gasteiger partial charge in [0.05, 0.1) is 0 Å². The third-order valence-electron chi connectivity index (χ3n) is 5.59. The Labute approximate surface area is 168 Å². The van der Waals surface area contributed by atoms with E-state index in [-0.39, 0.29) is 24.5 Å². The van der Waals surface area contributed by atoms with Crippen molar-refractivity contribution in [2.75, 3.05) is 18.5 Å². The quantitative estimate of drug-likeness (QED) is 0.663. The van der Waals surface area contributed by atoms with Crippen LogP contribution < -0.4 is 14.8 Å². The van der Waals surface area contributed by atoms with E-state index < -0.39 is 0 Å². The zero-order chi connectivity index (χ0) is 19.8. The Morgan fingerprint density at radius 2 is 1.66 bits per heavy atom. The maximum absolute atomic E-state index is 12.5. The molecule has 5 nitrogen and oxygen atoms in total. The second-order valence-corrected chi connectivity index (χ2v) is 7.44. The summed E-state index contributed by atoms with van der Waals surface area (Å²) in [6, 6.07) is 15.4. The molecule has 1 aliphatic carbocycles. The second kappa shape index (κ2) is 7.24. The zero-order valence-corrected chi connectivity index (χ0v) is 16.0. The SMILES string of the molecule is O=C(CCC(=O)c1ccc2c(c1)OCCO2)Nc1ccc2c3c(cccc13)CC2. The molecular formula is C24H21NO4. The lowest BCUT2D eigenvalue weighted by Gasteiger charge is -2.18. The third kappa shape index (κ3) is 3.33. The largest absolute Gasteiger partial charge is 0.486 e. The van der Waals surface area contributed by atoms with E-state index in [1.807, 2.05) is 18.2 Å². The number of nitrogens with one attached hydrogen (secondary N) is 1. The third-order valence-corrected chi connectivity index (χ3v) is 5.59. The molecule has 1 heterocycles. The van der Waals surface area contributed by atoms with Gasteiger partial charge in [0.25, 0.3) is 0 Å². The van der Waals surface area contributed by atoms with Crippen molar-refractivity contribution in [3.8, 4) is 11.5 Å². The van der Waals surface area contributed by atoms with Gasteiger partial charge in [-0.15, -0.1) is 0 Å². The molecule has 0 spiro atoms. The fourth-order valence-corrected chi connectivity index (χ4v) is 4.16. The summed E-state index contributed by atoms with van der Waals surface area (Å²) in [5.41, 5.74) is 4.02. The molecule has 0 bridgehead atoms. The average Bonchev–Trinajstić information content (AvgIpc) is 3.18. The van der Waals surface area contributed by atoms with Crippen molar-refractivity contribution in [2.45, 2.75) is 25.7 Å². The summed E-state index contributed by atoms with van der Waals surface area (Å²) in [6.07, 6.45) is 2.38. The smallest absolute Gasteiger partial charge is 0.224 e.